The zero-order valence-corrected chi connectivity index (χ0v) is 17.9. The molecule has 0 fully saturated rings. The number of ether oxygens (including phenoxy) is 3. The second-order valence-corrected chi connectivity index (χ2v) is 7.95. The fourth-order valence-electron chi connectivity index (χ4n) is 3.25. The highest BCUT2D eigenvalue weighted by atomic mass is 32.2. The monoisotopic (exact) mass is 468 g/mol. The summed E-state index contributed by atoms with van der Waals surface area (Å²) >= 11 is 1.03. The second-order valence-electron chi connectivity index (χ2n) is 7.02. The second kappa shape index (κ2) is 9.47. The van der Waals surface area contributed by atoms with Gasteiger partial charge in [-0.1, -0.05) is 42.1 Å². The number of carbonyl (C=O) groups excluding carboxylic acids is 1. The van der Waals surface area contributed by atoms with E-state index in [2.05, 4.69) is 10.2 Å². The minimum Gasteiger partial charge on any atom is -0.460 e. The van der Waals surface area contributed by atoms with Crippen molar-refractivity contribution in [3.63, 3.8) is 0 Å². The third-order valence-corrected chi connectivity index (χ3v) is 5.53. The van der Waals surface area contributed by atoms with Crippen LogP contribution in [0.25, 0.3) is 11.7 Å². The Morgan fingerprint density at radius 1 is 1.15 bits per heavy atom. The normalized spacial score (nSPS) is 15.0. The number of rotatable bonds is 7. The van der Waals surface area contributed by atoms with Gasteiger partial charge in [-0.05, 0) is 24.3 Å². The van der Waals surface area contributed by atoms with E-state index < -0.39 is 18.1 Å². The Hall–Kier alpha value is -3.63. The van der Waals surface area contributed by atoms with Crippen molar-refractivity contribution in [3.05, 3.63) is 83.4 Å². The lowest BCUT2D eigenvalue weighted by atomic mass is 10.1. The quantitative estimate of drug-likeness (QED) is 0.277. The summed E-state index contributed by atoms with van der Waals surface area (Å²) in [5.41, 5.74) is 1.81. The van der Waals surface area contributed by atoms with Gasteiger partial charge in [0.1, 0.15) is 23.9 Å². The van der Waals surface area contributed by atoms with E-state index in [4.69, 9.17) is 23.0 Å². The molecule has 0 saturated carbocycles. The Morgan fingerprint density at radius 3 is 2.85 bits per heavy atom. The van der Waals surface area contributed by atoms with Crippen molar-refractivity contribution in [2.24, 2.45) is 0 Å². The van der Waals surface area contributed by atoms with Crippen molar-refractivity contribution in [1.82, 2.24) is 10.2 Å². The number of furan rings is 1. The number of fused-ring (bicyclic) bond motifs is 1. The van der Waals surface area contributed by atoms with Crippen LogP contribution in [0, 0.1) is 5.82 Å². The summed E-state index contributed by atoms with van der Waals surface area (Å²) in [6.07, 6.45) is 0.863. The molecule has 10 heteroatoms. The van der Waals surface area contributed by atoms with Crippen LogP contribution in [0.4, 0.5) is 4.39 Å². The maximum atomic E-state index is 14.1. The van der Waals surface area contributed by atoms with E-state index in [0.717, 1.165) is 17.3 Å². The first kappa shape index (κ1) is 21.2. The van der Waals surface area contributed by atoms with Crippen molar-refractivity contribution in [3.8, 4) is 17.4 Å². The summed E-state index contributed by atoms with van der Waals surface area (Å²) in [7, 11) is 0. The maximum Gasteiger partial charge on any atom is 0.316 e. The van der Waals surface area contributed by atoms with E-state index in [-0.39, 0.29) is 30.1 Å². The minimum atomic E-state index is -0.630. The molecule has 0 N–H and O–H groups in total. The third kappa shape index (κ3) is 4.91. The van der Waals surface area contributed by atoms with E-state index in [9.17, 15) is 9.18 Å². The van der Waals surface area contributed by atoms with Gasteiger partial charge in [0.25, 0.3) is 11.1 Å². The van der Waals surface area contributed by atoms with Gasteiger partial charge in [0.05, 0.1) is 12.9 Å². The molecule has 2 aromatic heterocycles. The Balaban J connectivity index is 1.21. The fourth-order valence-corrected chi connectivity index (χ4v) is 3.81. The summed E-state index contributed by atoms with van der Waals surface area (Å²) in [5.74, 6) is 0.0591. The number of nitrogens with zero attached hydrogens (tertiary/aromatic N) is 2. The zero-order chi connectivity index (χ0) is 22.6. The van der Waals surface area contributed by atoms with Gasteiger partial charge >= 0.3 is 5.97 Å². The average molecular weight is 468 g/mol. The lowest BCUT2D eigenvalue weighted by molar-refractivity contribution is -0.142. The molecule has 0 radical (unpaired) electrons. The van der Waals surface area contributed by atoms with Crippen LogP contribution in [0.15, 0.2) is 74.9 Å². The number of halogens is 1. The van der Waals surface area contributed by atoms with Crippen molar-refractivity contribution in [2.75, 3.05) is 5.75 Å². The third-order valence-electron chi connectivity index (χ3n) is 4.73. The molecule has 0 saturated heterocycles. The molecule has 3 heterocycles. The predicted molar refractivity (Wildman–Crippen MR) is 114 cm³/mol. The number of carbonyl (C=O) groups is 1. The summed E-state index contributed by atoms with van der Waals surface area (Å²) in [5, 5.41) is 7.93. The topological polar surface area (TPSA) is 96.8 Å². The number of aromatic nitrogens is 2. The van der Waals surface area contributed by atoms with Crippen LogP contribution in [0.1, 0.15) is 23.0 Å². The number of thioether (sulfide) groups is 1. The van der Waals surface area contributed by atoms with Gasteiger partial charge in [0.2, 0.25) is 6.29 Å². The lowest BCUT2D eigenvalue weighted by Crippen LogP contribution is -2.20. The van der Waals surface area contributed by atoms with Gasteiger partial charge in [-0.25, -0.2) is 4.39 Å². The summed E-state index contributed by atoms with van der Waals surface area (Å²) in [6.45, 7) is 0.0289. The van der Waals surface area contributed by atoms with Crippen LogP contribution >= 0.6 is 11.8 Å². The van der Waals surface area contributed by atoms with Crippen LogP contribution < -0.4 is 4.74 Å². The van der Waals surface area contributed by atoms with Crippen LogP contribution in [0.5, 0.6) is 5.75 Å². The molecule has 8 nitrogen and oxygen atoms in total. The highest BCUT2D eigenvalue weighted by molar-refractivity contribution is 7.99. The first-order chi connectivity index (χ1) is 16.2. The van der Waals surface area contributed by atoms with Crippen LogP contribution in [0.2, 0.25) is 0 Å². The molecular weight excluding hydrogens is 451 g/mol. The van der Waals surface area contributed by atoms with Gasteiger partial charge < -0.3 is 23.0 Å². The van der Waals surface area contributed by atoms with E-state index in [1.807, 2.05) is 30.3 Å². The molecule has 1 atom stereocenters. The number of benzene rings is 2. The first-order valence-electron chi connectivity index (χ1n) is 9.96. The number of esters is 1. The SMILES string of the molecule is O=C(CSc1nnc(-c2ccco2)o1)OCc1cc(F)cc2c1OC(c1ccccc1)OC2. The molecule has 0 aliphatic carbocycles. The van der Waals surface area contributed by atoms with Gasteiger partial charge in [0, 0.05) is 16.7 Å². The summed E-state index contributed by atoms with van der Waals surface area (Å²) in [4.78, 5) is 12.3. The molecule has 33 heavy (non-hydrogen) atoms. The van der Waals surface area contributed by atoms with Crippen molar-refractivity contribution < 1.29 is 32.2 Å². The van der Waals surface area contributed by atoms with Crippen molar-refractivity contribution >= 4 is 17.7 Å². The average Bonchev–Trinajstić information content (AvgIpc) is 3.53. The molecule has 0 amide bonds. The Morgan fingerprint density at radius 2 is 2.03 bits per heavy atom. The molecule has 1 aliphatic rings. The van der Waals surface area contributed by atoms with E-state index >= 15 is 0 Å². The smallest absolute Gasteiger partial charge is 0.316 e. The van der Waals surface area contributed by atoms with Gasteiger partial charge in [-0.15, -0.1) is 10.2 Å². The Labute approximate surface area is 191 Å². The van der Waals surface area contributed by atoms with Gasteiger partial charge in [-0.3, -0.25) is 4.79 Å². The molecule has 4 aromatic rings. The Bertz CT molecular complexity index is 1250. The lowest BCUT2D eigenvalue weighted by Gasteiger charge is -2.28. The van der Waals surface area contributed by atoms with Gasteiger partial charge in [0.15, 0.2) is 5.76 Å². The predicted octanol–water partition coefficient (Wildman–Crippen LogP) is 4.91. The molecule has 168 valence electrons. The molecular formula is C23H17FN2O6S. The summed E-state index contributed by atoms with van der Waals surface area (Å²) in [6, 6.07) is 15.4. The van der Waals surface area contributed by atoms with Crippen LogP contribution in [0.3, 0.4) is 0 Å². The van der Waals surface area contributed by atoms with Gasteiger partial charge in [-0.2, -0.15) is 0 Å². The van der Waals surface area contributed by atoms with Crippen molar-refractivity contribution in [1.29, 1.82) is 0 Å². The summed E-state index contributed by atoms with van der Waals surface area (Å²) < 4.78 is 41.8. The molecule has 1 unspecified atom stereocenters. The van der Waals surface area contributed by atoms with Crippen LogP contribution in [-0.2, 0) is 27.5 Å². The van der Waals surface area contributed by atoms with E-state index in [0.29, 0.717) is 22.6 Å². The largest absolute Gasteiger partial charge is 0.460 e. The van der Waals surface area contributed by atoms with E-state index in [1.54, 1.807) is 12.1 Å². The highest BCUT2D eigenvalue weighted by Gasteiger charge is 2.25. The first-order valence-corrected chi connectivity index (χ1v) is 10.9. The zero-order valence-electron chi connectivity index (χ0n) is 17.1. The standard InChI is InChI=1S/C23H17FN2O6S/c24-17-9-15(20-16(10-17)12-30-22(31-20)14-5-2-1-3-6-14)11-29-19(27)13-33-23-26-25-21(32-23)18-7-4-8-28-18/h1-10,22H,11-13H2. The highest BCUT2D eigenvalue weighted by Crippen LogP contribution is 2.37. The molecule has 0 spiro atoms. The minimum absolute atomic E-state index is 0.0616. The fraction of sp³-hybridized carbons (Fsp3) is 0.174. The number of hydrogen-bond donors (Lipinski definition) is 0. The van der Waals surface area contributed by atoms with E-state index in [1.165, 1.54) is 18.4 Å². The molecule has 1 aliphatic heterocycles. The maximum absolute atomic E-state index is 14.1. The Kier molecular flexibility index (Phi) is 6.09. The molecule has 5 rings (SSSR count). The van der Waals surface area contributed by atoms with Crippen LogP contribution in [-0.4, -0.2) is 21.9 Å². The number of hydrogen-bond acceptors (Lipinski definition) is 9. The van der Waals surface area contributed by atoms with Crippen molar-refractivity contribution in [2.45, 2.75) is 24.7 Å². The molecule has 0 bridgehead atoms. The molecule has 2 aromatic carbocycles.